The minimum absolute atomic E-state index is 0.0928. The van der Waals surface area contributed by atoms with Gasteiger partial charge < -0.3 is 14.4 Å². The van der Waals surface area contributed by atoms with Crippen LogP contribution in [-0.4, -0.2) is 29.2 Å². The number of hydrogen-bond acceptors (Lipinski definition) is 5. The number of ether oxygens (including phenoxy) is 2. The minimum Gasteiger partial charge on any atom is -0.486 e. The van der Waals surface area contributed by atoms with Crippen molar-refractivity contribution in [2.75, 3.05) is 7.05 Å². The van der Waals surface area contributed by atoms with Gasteiger partial charge in [-0.25, -0.2) is 9.37 Å². The van der Waals surface area contributed by atoms with E-state index in [0.717, 1.165) is 0 Å². The molecule has 0 spiro atoms. The van der Waals surface area contributed by atoms with Gasteiger partial charge in [-0.3, -0.25) is 4.79 Å². The van der Waals surface area contributed by atoms with Crippen LogP contribution in [0.1, 0.15) is 21.1 Å². The predicted molar refractivity (Wildman–Crippen MR) is 102 cm³/mol. The quantitative estimate of drug-likeness (QED) is 0.484. The molecule has 3 rings (SSSR count). The standard InChI is InChI=1S/C20H16F4N2O3S/c1-26(10-13-4-2-3-5-17(13)29-20(22,23)24)19(27)16-12-30-18(25-16)11-28-15-8-6-14(21)7-9-15/h2-9,12H,10-11H2,1H3. The number of carbonyl (C=O) groups is 1. The molecule has 0 bridgehead atoms. The molecule has 2 aromatic carbocycles. The van der Waals surface area contributed by atoms with Gasteiger partial charge in [-0.05, 0) is 30.3 Å². The van der Waals surface area contributed by atoms with Crippen LogP contribution in [0.2, 0.25) is 0 Å². The molecule has 0 unspecified atom stereocenters. The number of rotatable bonds is 7. The fourth-order valence-corrected chi connectivity index (χ4v) is 3.21. The van der Waals surface area contributed by atoms with Crippen LogP contribution >= 0.6 is 11.3 Å². The molecule has 0 saturated heterocycles. The van der Waals surface area contributed by atoms with Crippen molar-refractivity contribution in [3.05, 3.63) is 76.0 Å². The summed E-state index contributed by atoms with van der Waals surface area (Å²) >= 11 is 1.20. The summed E-state index contributed by atoms with van der Waals surface area (Å²) in [4.78, 5) is 18.0. The Kier molecular flexibility index (Phi) is 6.56. The van der Waals surface area contributed by atoms with Crippen LogP contribution in [0.25, 0.3) is 0 Å². The largest absolute Gasteiger partial charge is 0.573 e. The van der Waals surface area contributed by atoms with Crippen molar-refractivity contribution in [3.63, 3.8) is 0 Å². The number of nitrogens with zero attached hydrogens (tertiary/aromatic N) is 2. The first kappa shape index (κ1) is 21.6. The molecule has 0 aliphatic carbocycles. The van der Waals surface area contributed by atoms with Gasteiger partial charge in [0.05, 0.1) is 0 Å². The molecule has 0 fully saturated rings. The lowest BCUT2D eigenvalue weighted by Gasteiger charge is -2.19. The molecule has 0 aliphatic heterocycles. The van der Waals surface area contributed by atoms with Crippen molar-refractivity contribution in [1.82, 2.24) is 9.88 Å². The molecule has 0 N–H and O–H groups in total. The maximum Gasteiger partial charge on any atom is 0.573 e. The number of aromatic nitrogens is 1. The lowest BCUT2D eigenvalue weighted by molar-refractivity contribution is -0.275. The van der Waals surface area contributed by atoms with Crippen LogP contribution in [0, 0.1) is 5.82 Å². The topological polar surface area (TPSA) is 51.7 Å². The fraction of sp³-hybridized carbons (Fsp3) is 0.200. The van der Waals surface area contributed by atoms with Crippen LogP contribution in [0.15, 0.2) is 53.9 Å². The van der Waals surface area contributed by atoms with Crippen LogP contribution < -0.4 is 9.47 Å². The van der Waals surface area contributed by atoms with E-state index < -0.39 is 12.3 Å². The van der Waals surface area contributed by atoms with Gasteiger partial charge in [0.25, 0.3) is 5.91 Å². The summed E-state index contributed by atoms with van der Waals surface area (Å²) in [5.74, 6) is -0.745. The molecule has 3 aromatic rings. The molecule has 30 heavy (non-hydrogen) atoms. The third-order valence-corrected chi connectivity index (χ3v) is 4.72. The van der Waals surface area contributed by atoms with Crippen molar-refractivity contribution in [3.8, 4) is 11.5 Å². The Hall–Kier alpha value is -3.14. The molecule has 0 aliphatic rings. The molecule has 1 aromatic heterocycles. The highest BCUT2D eigenvalue weighted by Crippen LogP contribution is 2.27. The maximum atomic E-state index is 12.9. The molecule has 1 heterocycles. The van der Waals surface area contributed by atoms with Gasteiger partial charge in [0, 0.05) is 24.5 Å². The van der Waals surface area contributed by atoms with Crippen LogP contribution in [0.3, 0.4) is 0 Å². The second-order valence-corrected chi connectivity index (χ2v) is 7.13. The van der Waals surface area contributed by atoms with Crippen molar-refractivity contribution in [2.45, 2.75) is 19.5 Å². The van der Waals surface area contributed by atoms with Gasteiger partial charge in [0.1, 0.15) is 34.6 Å². The molecular weight excluding hydrogens is 424 g/mol. The molecule has 5 nitrogen and oxygen atoms in total. The summed E-state index contributed by atoms with van der Waals surface area (Å²) in [6, 6.07) is 11.1. The Labute approximate surface area is 173 Å². The number of halogens is 4. The van der Waals surface area contributed by atoms with E-state index in [4.69, 9.17) is 4.74 Å². The fourth-order valence-electron chi connectivity index (χ4n) is 2.53. The number of thiazole rings is 1. The van der Waals surface area contributed by atoms with Gasteiger partial charge in [0.2, 0.25) is 0 Å². The highest BCUT2D eigenvalue weighted by atomic mass is 32.1. The zero-order chi connectivity index (χ0) is 21.7. The van der Waals surface area contributed by atoms with Crippen LogP contribution in [-0.2, 0) is 13.2 Å². The second kappa shape index (κ2) is 9.12. The first-order valence-corrected chi connectivity index (χ1v) is 9.51. The third-order valence-electron chi connectivity index (χ3n) is 3.90. The number of amides is 1. The highest BCUT2D eigenvalue weighted by molar-refractivity contribution is 7.09. The Morgan fingerprint density at radius 2 is 1.83 bits per heavy atom. The lowest BCUT2D eigenvalue weighted by atomic mass is 10.2. The highest BCUT2D eigenvalue weighted by Gasteiger charge is 2.32. The number of carbonyl (C=O) groups excluding carboxylic acids is 1. The number of para-hydroxylation sites is 1. The average molecular weight is 440 g/mol. The summed E-state index contributed by atoms with van der Waals surface area (Å²) in [6.07, 6.45) is -4.83. The molecule has 0 saturated carbocycles. The smallest absolute Gasteiger partial charge is 0.486 e. The second-order valence-electron chi connectivity index (χ2n) is 6.19. The van der Waals surface area contributed by atoms with Gasteiger partial charge in [-0.2, -0.15) is 0 Å². The van der Waals surface area contributed by atoms with E-state index >= 15 is 0 Å². The normalized spacial score (nSPS) is 11.2. The molecule has 10 heteroatoms. The Bertz CT molecular complexity index is 1010. The molecule has 0 radical (unpaired) electrons. The first-order chi connectivity index (χ1) is 14.2. The zero-order valence-corrected chi connectivity index (χ0v) is 16.5. The molecule has 0 atom stereocenters. The SMILES string of the molecule is CN(Cc1ccccc1OC(F)(F)F)C(=O)c1csc(COc2ccc(F)cc2)n1. The Morgan fingerprint density at radius 1 is 1.13 bits per heavy atom. The van der Waals surface area contributed by atoms with Crippen molar-refractivity contribution < 1.29 is 31.8 Å². The molecule has 1 amide bonds. The average Bonchev–Trinajstić information content (AvgIpc) is 3.16. The summed E-state index contributed by atoms with van der Waals surface area (Å²) in [6.45, 7) is -0.000421. The molecule has 158 valence electrons. The summed E-state index contributed by atoms with van der Waals surface area (Å²) in [5.41, 5.74) is 0.357. The first-order valence-electron chi connectivity index (χ1n) is 8.63. The Balaban J connectivity index is 1.62. The van der Waals surface area contributed by atoms with E-state index in [1.54, 1.807) is 11.4 Å². The van der Waals surface area contributed by atoms with E-state index in [1.807, 2.05) is 0 Å². The van der Waals surface area contributed by atoms with Crippen molar-refractivity contribution >= 4 is 17.2 Å². The van der Waals surface area contributed by atoms with Gasteiger partial charge in [-0.1, -0.05) is 18.2 Å². The monoisotopic (exact) mass is 440 g/mol. The summed E-state index contributed by atoms with van der Waals surface area (Å²) < 4.78 is 60.1. The van der Waals surface area contributed by atoms with E-state index in [0.29, 0.717) is 10.8 Å². The lowest BCUT2D eigenvalue weighted by Crippen LogP contribution is -2.27. The van der Waals surface area contributed by atoms with E-state index in [1.165, 1.54) is 65.7 Å². The maximum absolute atomic E-state index is 12.9. The van der Waals surface area contributed by atoms with Crippen molar-refractivity contribution in [2.24, 2.45) is 0 Å². The Morgan fingerprint density at radius 3 is 2.53 bits per heavy atom. The minimum atomic E-state index is -4.83. The van der Waals surface area contributed by atoms with E-state index in [9.17, 15) is 22.4 Å². The summed E-state index contributed by atoms with van der Waals surface area (Å²) in [5, 5.41) is 2.07. The van der Waals surface area contributed by atoms with E-state index in [2.05, 4.69) is 9.72 Å². The van der Waals surface area contributed by atoms with Gasteiger partial charge >= 0.3 is 6.36 Å². The number of hydrogen-bond donors (Lipinski definition) is 0. The van der Waals surface area contributed by atoms with Crippen LogP contribution in [0.4, 0.5) is 17.6 Å². The summed E-state index contributed by atoms with van der Waals surface area (Å²) in [7, 11) is 1.46. The van der Waals surface area contributed by atoms with E-state index in [-0.39, 0.29) is 36.0 Å². The van der Waals surface area contributed by atoms with Gasteiger partial charge in [0.15, 0.2) is 0 Å². The number of benzene rings is 2. The zero-order valence-electron chi connectivity index (χ0n) is 15.6. The van der Waals surface area contributed by atoms with Crippen molar-refractivity contribution in [1.29, 1.82) is 0 Å². The molecular formula is C20H16F4N2O3S. The number of alkyl halides is 3. The van der Waals surface area contributed by atoms with Gasteiger partial charge in [-0.15, -0.1) is 24.5 Å². The van der Waals surface area contributed by atoms with Crippen LogP contribution in [0.5, 0.6) is 11.5 Å². The predicted octanol–water partition coefficient (Wildman–Crippen LogP) is 5.03. The third kappa shape index (κ3) is 5.93.